The van der Waals surface area contributed by atoms with Crippen LogP contribution >= 0.6 is 0 Å². The van der Waals surface area contributed by atoms with Crippen LogP contribution in [0.25, 0.3) is 0 Å². The smallest absolute Gasteiger partial charge is 0.296 e. The summed E-state index contributed by atoms with van der Waals surface area (Å²) in [5, 5.41) is 2.29. The Morgan fingerprint density at radius 2 is 2.23 bits per heavy atom. The first kappa shape index (κ1) is 11.1. The van der Waals surface area contributed by atoms with Gasteiger partial charge in [0.2, 0.25) is 5.91 Å². The number of primary amides is 1. The minimum absolute atomic E-state index is 0.0759. The van der Waals surface area contributed by atoms with Gasteiger partial charge in [-0.25, -0.2) is 0 Å². The second-order valence-electron chi connectivity index (χ2n) is 2.21. The van der Waals surface area contributed by atoms with Crippen LogP contribution in [0.3, 0.4) is 0 Å². The molecule has 13 heavy (non-hydrogen) atoms. The van der Waals surface area contributed by atoms with Crippen LogP contribution in [-0.2, 0) is 9.59 Å². The van der Waals surface area contributed by atoms with Gasteiger partial charge in [-0.2, -0.15) is 0 Å². The van der Waals surface area contributed by atoms with Crippen molar-refractivity contribution in [3.8, 4) is 24.2 Å². The van der Waals surface area contributed by atoms with Crippen molar-refractivity contribution < 1.29 is 9.59 Å². The van der Waals surface area contributed by atoms with Gasteiger partial charge in [-0.3, -0.25) is 9.59 Å². The summed E-state index contributed by atoms with van der Waals surface area (Å²) < 4.78 is 0. The normalized spacial score (nSPS) is 10.2. The zero-order chi connectivity index (χ0) is 10.3. The third kappa shape index (κ3) is 4.49. The number of carbonyl (C=O) groups is 2. The molecule has 3 N–H and O–H groups in total. The van der Waals surface area contributed by atoms with Gasteiger partial charge in [-0.1, -0.05) is 5.92 Å². The number of hydrogen-bond donors (Lipinski definition) is 2. The van der Waals surface area contributed by atoms with Gasteiger partial charge in [0.15, 0.2) is 0 Å². The Morgan fingerprint density at radius 3 is 2.62 bits per heavy atom. The topological polar surface area (TPSA) is 72.2 Å². The molecule has 0 saturated carbocycles. The van der Waals surface area contributed by atoms with E-state index < -0.39 is 17.9 Å². The maximum atomic E-state index is 10.9. The first-order chi connectivity index (χ1) is 6.11. The lowest BCUT2D eigenvalue weighted by Crippen LogP contribution is -2.43. The average molecular weight is 178 g/mol. The lowest BCUT2D eigenvalue weighted by molar-refractivity contribution is -0.124. The molecule has 0 heterocycles. The van der Waals surface area contributed by atoms with E-state index in [4.69, 9.17) is 12.2 Å². The second-order valence-corrected chi connectivity index (χ2v) is 2.21. The molecular weight excluding hydrogens is 168 g/mol. The lowest BCUT2D eigenvalue weighted by Gasteiger charge is -2.09. The summed E-state index contributed by atoms with van der Waals surface area (Å²) in [4.78, 5) is 21.6. The number of terminal acetylenes is 1. The van der Waals surface area contributed by atoms with Gasteiger partial charge in [-0.15, -0.1) is 12.3 Å². The van der Waals surface area contributed by atoms with Crippen molar-refractivity contribution >= 4 is 11.8 Å². The van der Waals surface area contributed by atoms with Crippen molar-refractivity contribution in [2.24, 2.45) is 5.73 Å². The van der Waals surface area contributed by atoms with E-state index in [1.165, 1.54) is 6.92 Å². The predicted molar refractivity (Wildman–Crippen MR) is 48.0 cm³/mol. The van der Waals surface area contributed by atoms with Crippen LogP contribution in [-0.4, -0.2) is 17.9 Å². The van der Waals surface area contributed by atoms with E-state index in [9.17, 15) is 9.59 Å². The van der Waals surface area contributed by atoms with E-state index in [1.54, 1.807) is 0 Å². The maximum absolute atomic E-state index is 10.9. The molecule has 0 radical (unpaired) electrons. The number of amides is 2. The monoisotopic (exact) mass is 178 g/mol. The van der Waals surface area contributed by atoms with E-state index in [2.05, 4.69) is 23.1 Å². The third-order valence-corrected chi connectivity index (χ3v) is 1.21. The maximum Gasteiger partial charge on any atom is 0.296 e. The van der Waals surface area contributed by atoms with Gasteiger partial charge in [0.05, 0.1) is 0 Å². The fourth-order valence-corrected chi connectivity index (χ4v) is 0.648. The molecular formula is C9H10N2O2. The Morgan fingerprint density at radius 1 is 1.62 bits per heavy atom. The third-order valence-electron chi connectivity index (χ3n) is 1.21. The minimum atomic E-state index is -0.835. The Bertz CT molecular complexity index is 304. The van der Waals surface area contributed by atoms with E-state index >= 15 is 0 Å². The quantitative estimate of drug-likeness (QED) is 0.544. The van der Waals surface area contributed by atoms with Crippen molar-refractivity contribution in [2.75, 3.05) is 0 Å². The Kier molecular flexibility index (Phi) is 4.83. The summed E-state index contributed by atoms with van der Waals surface area (Å²) in [6, 6.07) is -0.835. The minimum Gasteiger partial charge on any atom is -0.368 e. The van der Waals surface area contributed by atoms with Gasteiger partial charge in [0, 0.05) is 6.42 Å². The Balaban J connectivity index is 4.25. The fourth-order valence-electron chi connectivity index (χ4n) is 0.648. The number of nitrogens with two attached hydrogens (primary N) is 1. The van der Waals surface area contributed by atoms with Crippen LogP contribution in [0.1, 0.15) is 13.3 Å². The van der Waals surface area contributed by atoms with Gasteiger partial charge in [-0.05, 0) is 12.8 Å². The molecule has 1 unspecified atom stereocenters. The van der Waals surface area contributed by atoms with Crippen molar-refractivity contribution in [1.82, 2.24) is 5.32 Å². The van der Waals surface area contributed by atoms with Crippen LogP contribution in [0, 0.1) is 24.2 Å². The van der Waals surface area contributed by atoms with Crippen LogP contribution in [0.4, 0.5) is 0 Å². The van der Waals surface area contributed by atoms with E-state index in [-0.39, 0.29) is 6.42 Å². The summed E-state index contributed by atoms with van der Waals surface area (Å²) in [5.74, 6) is 5.62. The molecule has 68 valence electrons. The summed E-state index contributed by atoms with van der Waals surface area (Å²) >= 11 is 0. The molecule has 0 aromatic carbocycles. The molecule has 2 amide bonds. The van der Waals surface area contributed by atoms with Gasteiger partial charge < -0.3 is 11.1 Å². The van der Waals surface area contributed by atoms with Crippen LogP contribution < -0.4 is 11.1 Å². The molecule has 0 aromatic rings. The van der Waals surface area contributed by atoms with Gasteiger partial charge >= 0.3 is 0 Å². The number of carbonyl (C=O) groups excluding carboxylic acids is 2. The Hall–Kier alpha value is -1.94. The van der Waals surface area contributed by atoms with Crippen molar-refractivity contribution in [2.45, 2.75) is 19.4 Å². The average Bonchev–Trinajstić information content (AvgIpc) is 2.04. The molecule has 0 rings (SSSR count). The van der Waals surface area contributed by atoms with Crippen molar-refractivity contribution in [3.05, 3.63) is 0 Å². The standard InChI is InChI=1S/C9H10N2O2/c1-3-5-7(9(10)13)11-8(12)6-4-2/h1,7H,5H2,2H3,(H2,10,13)(H,11,12). The van der Waals surface area contributed by atoms with Crippen molar-refractivity contribution in [3.63, 3.8) is 0 Å². The highest BCUT2D eigenvalue weighted by Gasteiger charge is 2.15. The molecule has 1 atom stereocenters. The summed E-state index contributed by atoms with van der Waals surface area (Å²) in [7, 11) is 0. The molecule has 0 bridgehead atoms. The SMILES string of the molecule is C#CCC(NC(=O)C#CC)C(N)=O. The molecule has 0 aliphatic rings. The van der Waals surface area contributed by atoms with Crippen molar-refractivity contribution in [1.29, 1.82) is 0 Å². The number of rotatable bonds is 3. The van der Waals surface area contributed by atoms with E-state index in [0.29, 0.717) is 0 Å². The largest absolute Gasteiger partial charge is 0.368 e. The lowest BCUT2D eigenvalue weighted by atomic mass is 10.2. The molecule has 0 aliphatic heterocycles. The summed E-state index contributed by atoms with van der Waals surface area (Å²) in [5.41, 5.74) is 4.97. The van der Waals surface area contributed by atoms with E-state index in [0.717, 1.165) is 0 Å². The fraction of sp³-hybridized carbons (Fsp3) is 0.333. The predicted octanol–water partition coefficient (Wildman–Crippen LogP) is -0.997. The van der Waals surface area contributed by atoms with Crippen LogP contribution in [0.15, 0.2) is 0 Å². The first-order valence-electron chi connectivity index (χ1n) is 3.57. The van der Waals surface area contributed by atoms with E-state index in [1.807, 2.05) is 0 Å². The molecule has 0 fully saturated rings. The Labute approximate surface area is 76.9 Å². The zero-order valence-corrected chi connectivity index (χ0v) is 7.26. The van der Waals surface area contributed by atoms with Gasteiger partial charge in [0.25, 0.3) is 5.91 Å². The zero-order valence-electron chi connectivity index (χ0n) is 7.26. The van der Waals surface area contributed by atoms with Crippen LogP contribution in [0.5, 0.6) is 0 Å². The van der Waals surface area contributed by atoms with Gasteiger partial charge in [0.1, 0.15) is 6.04 Å². The number of hydrogen-bond acceptors (Lipinski definition) is 2. The highest BCUT2D eigenvalue weighted by molar-refractivity contribution is 5.96. The molecule has 4 heteroatoms. The molecule has 0 aliphatic carbocycles. The molecule has 0 spiro atoms. The molecule has 0 saturated heterocycles. The summed E-state index contributed by atoms with van der Waals surface area (Å²) in [6.07, 6.45) is 5.05. The first-order valence-corrected chi connectivity index (χ1v) is 3.57. The second kappa shape index (κ2) is 5.68. The molecule has 0 aromatic heterocycles. The molecule has 4 nitrogen and oxygen atoms in total. The van der Waals surface area contributed by atoms with Crippen LogP contribution in [0.2, 0.25) is 0 Å². The summed E-state index contributed by atoms with van der Waals surface area (Å²) in [6.45, 7) is 1.51. The highest BCUT2D eigenvalue weighted by Crippen LogP contribution is 1.88. The highest BCUT2D eigenvalue weighted by atomic mass is 16.2. The number of nitrogens with one attached hydrogen (secondary N) is 1.